The minimum absolute atomic E-state index is 0.282. The van der Waals surface area contributed by atoms with Crippen LogP contribution in [0.4, 0.5) is 5.69 Å². The lowest BCUT2D eigenvalue weighted by molar-refractivity contribution is -0.133. The molecule has 1 saturated heterocycles. The molecular weight excluding hydrogens is 190 g/mol. The standard InChI is InChI=1S/C12H13NO2/c1-8-3-4-9(2)10(7-8)13-6-5-11(14)12(13)15/h3-4,7H,5-6H2,1-2H3. The molecule has 1 amide bonds. The fourth-order valence-electron chi connectivity index (χ4n) is 1.81. The summed E-state index contributed by atoms with van der Waals surface area (Å²) in [7, 11) is 0. The summed E-state index contributed by atoms with van der Waals surface area (Å²) in [5.74, 6) is -0.653. The predicted octanol–water partition coefficient (Wildman–Crippen LogP) is 1.61. The van der Waals surface area contributed by atoms with E-state index >= 15 is 0 Å². The Bertz CT molecular complexity index is 437. The molecular formula is C12H13NO2. The Morgan fingerprint density at radius 3 is 2.53 bits per heavy atom. The highest BCUT2D eigenvalue weighted by Crippen LogP contribution is 2.24. The van der Waals surface area contributed by atoms with Gasteiger partial charge >= 0.3 is 0 Å². The van der Waals surface area contributed by atoms with E-state index in [1.165, 1.54) is 0 Å². The zero-order valence-corrected chi connectivity index (χ0v) is 8.91. The molecule has 15 heavy (non-hydrogen) atoms. The highest BCUT2D eigenvalue weighted by Gasteiger charge is 2.30. The summed E-state index contributed by atoms with van der Waals surface area (Å²) in [6, 6.07) is 5.92. The lowest BCUT2D eigenvalue weighted by atomic mass is 10.1. The largest absolute Gasteiger partial charge is 0.305 e. The normalized spacial score (nSPS) is 16.3. The van der Waals surface area contributed by atoms with Crippen molar-refractivity contribution in [2.45, 2.75) is 20.3 Å². The van der Waals surface area contributed by atoms with Gasteiger partial charge in [-0.05, 0) is 31.0 Å². The zero-order valence-electron chi connectivity index (χ0n) is 8.91. The molecule has 3 heteroatoms. The van der Waals surface area contributed by atoms with Gasteiger partial charge in [-0.1, -0.05) is 12.1 Å². The van der Waals surface area contributed by atoms with Gasteiger partial charge in [0.2, 0.25) is 5.78 Å². The van der Waals surface area contributed by atoms with Gasteiger partial charge in [0.15, 0.2) is 0 Å². The lowest BCUT2D eigenvalue weighted by Crippen LogP contribution is -2.27. The maximum Gasteiger partial charge on any atom is 0.294 e. The number of nitrogens with zero attached hydrogens (tertiary/aromatic N) is 1. The second-order valence-electron chi connectivity index (χ2n) is 3.92. The average molecular weight is 203 g/mol. The highest BCUT2D eigenvalue weighted by atomic mass is 16.2. The Kier molecular flexibility index (Phi) is 2.31. The molecule has 3 nitrogen and oxygen atoms in total. The van der Waals surface area contributed by atoms with Gasteiger partial charge in [0.05, 0.1) is 0 Å². The van der Waals surface area contributed by atoms with Crippen molar-refractivity contribution in [3.05, 3.63) is 29.3 Å². The van der Waals surface area contributed by atoms with Crippen molar-refractivity contribution in [1.82, 2.24) is 0 Å². The first-order valence-corrected chi connectivity index (χ1v) is 5.01. The summed E-state index contributed by atoms with van der Waals surface area (Å²) in [5.41, 5.74) is 3.00. The van der Waals surface area contributed by atoms with Gasteiger partial charge in [-0.25, -0.2) is 0 Å². The van der Waals surface area contributed by atoms with E-state index in [0.29, 0.717) is 13.0 Å². The monoisotopic (exact) mass is 203 g/mol. The van der Waals surface area contributed by atoms with Crippen LogP contribution in [0.3, 0.4) is 0 Å². The second kappa shape index (κ2) is 3.50. The minimum Gasteiger partial charge on any atom is -0.305 e. The average Bonchev–Trinajstić information content (AvgIpc) is 2.52. The van der Waals surface area contributed by atoms with Gasteiger partial charge < -0.3 is 4.90 Å². The van der Waals surface area contributed by atoms with Crippen LogP contribution in [0.2, 0.25) is 0 Å². The minimum atomic E-state index is -0.372. The van der Waals surface area contributed by atoms with Crippen molar-refractivity contribution >= 4 is 17.4 Å². The predicted molar refractivity (Wildman–Crippen MR) is 57.9 cm³/mol. The molecule has 1 heterocycles. The van der Waals surface area contributed by atoms with Crippen LogP contribution in [0.15, 0.2) is 18.2 Å². The SMILES string of the molecule is Cc1ccc(C)c(N2CCC(=O)C2=O)c1. The molecule has 0 radical (unpaired) electrons. The highest BCUT2D eigenvalue weighted by molar-refractivity contribution is 6.43. The molecule has 1 aromatic rings. The van der Waals surface area contributed by atoms with E-state index < -0.39 is 0 Å². The van der Waals surface area contributed by atoms with E-state index in [2.05, 4.69) is 0 Å². The summed E-state index contributed by atoms with van der Waals surface area (Å²) in [6.45, 7) is 4.44. The third kappa shape index (κ3) is 1.65. The van der Waals surface area contributed by atoms with Gasteiger partial charge in [-0.15, -0.1) is 0 Å². The molecule has 1 aliphatic heterocycles. The molecule has 0 bridgehead atoms. The molecule has 2 rings (SSSR count). The van der Waals surface area contributed by atoms with Gasteiger partial charge in [0.25, 0.3) is 5.91 Å². The van der Waals surface area contributed by atoms with Crippen LogP contribution < -0.4 is 4.90 Å². The Morgan fingerprint density at radius 2 is 1.93 bits per heavy atom. The topological polar surface area (TPSA) is 37.4 Å². The van der Waals surface area contributed by atoms with Crippen LogP contribution in [-0.2, 0) is 9.59 Å². The first-order chi connectivity index (χ1) is 7.09. The number of anilines is 1. The molecule has 0 atom stereocenters. The summed E-state index contributed by atoms with van der Waals surface area (Å²) in [5, 5.41) is 0. The quantitative estimate of drug-likeness (QED) is 0.650. The van der Waals surface area contributed by atoms with E-state index in [9.17, 15) is 9.59 Å². The number of benzene rings is 1. The maximum absolute atomic E-state index is 11.5. The van der Waals surface area contributed by atoms with Crippen LogP contribution in [0.25, 0.3) is 0 Å². The van der Waals surface area contributed by atoms with Crippen molar-refractivity contribution in [3.8, 4) is 0 Å². The number of ketones is 1. The number of hydrogen-bond donors (Lipinski definition) is 0. The lowest BCUT2D eigenvalue weighted by Gasteiger charge is -2.17. The first kappa shape index (κ1) is 9.90. The van der Waals surface area contributed by atoms with Crippen LogP contribution in [-0.4, -0.2) is 18.2 Å². The van der Waals surface area contributed by atoms with E-state index in [1.807, 2.05) is 32.0 Å². The Hall–Kier alpha value is -1.64. The molecule has 0 aliphatic carbocycles. The molecule has 0 N–H and O–H groups in total. The summed E-state index contributed by atoms with van der Waals surface area (Å²) in [4.78, 5) is 24.3. The van der Waals surface area contributed by atoms with Gasteiger partial charge in [0, 0.05) is 18.7 Å². The van der Waals surface area contributed by atoms with Crippen molar-refractivity contribution in [2.75, 3.05) is 11.4 Å². The Morgan fingerprint density at radius 1 is 1.20 bits per heavy atom. The second-order valence-corrected chi connectivity index (χ2v) is 3.92. The smallest absolute Gasteiger partial charge is 0.294 e. The number of carbonyl (C=O) groups excluding carboxylic acids is 2. The molecule has 78 valence electrons. The number of carbonyl (C=O) groups is 2. The Balaban J connectivity index is 2.42. The molecule has 0 saturated carbocycles. The molecule has 1 aliphatic rings. The van der Waals surface area contributed by atoms with E-state index in [0.717, 1.165) is 16.8 Å². The van der Waals surface area contributed by atoms with Gasteiger partial charge in [-0.3, -0.25) is 9.59 Å². The first-order valence-electron chi connectivity index (χ1n) is 5.01. The number of amides is 1. The van der Waals surface area contributed by atoms with Crippen LogP contribution in [0.1, 0.15) is 17.5 Å². The summed E-state index contributed by atoms with van der Waals surface area (Å²) in [6.07, 6.45) is 0.339. The van der Waals surface area contributed by atoms with Crippen molar-refractivity contribution in [2.24, 2.45) is 0 Å². The number of aryl methyl sites for hydroxylation is 2. The van der Waals surface area contributed by atoms with Crippen LogP contribution in [0.5, 0.6) is 0 Å². The third-order valence-corrected chi connectivity index (χ3v) is 2.70. The molecule has 1 fully saturated rings. The van der Waals surface area contributed by atoms with E-state index in [1.54, 1.807) is 4.90 Å². The molecule has 0 aromatic heterocycles. The number of rotatable bonds is 1. The summed E-state index contributed by atoms with van der Waals surface area (Å²) < 4.78 is 0. The van der Waals surface area contributed by atoms with Gasteiger partial charge in [-0.2, -0.15) is 0 Å². The van der Waals surface area contributed by atoms with Crippen molar-refractivity contribution in [3.63, 3.8) is 0 Å². The summed E-state index contributed by atoms with van der Waals surface area (Å²) >= 11 is 0. The molecule has 0 spiro atoms. The maximum atomic E-state index is 11.5. The number of Topliss-reactive ketones (excluding diaryl/α,β-unsaturated/α-hetero) is 1. The fourth-order valence-corrected chi connectivity index (χ4v) is 1.81. The molecule has 1 aromatic carbocycles. The molecule has 0 unspecified atom stereocenters. The third-order valence-electron chi connectivity index (χ3n) is 2.70. The van der Waals surface area contributed by atoms with Crippen LogP contribution in [0, 0.1) is 13.8 Å². The van der Waals surface area contributed by atoms with Crippen molar-refractivity contribution < 1.29 is 9.59 Å². The zero-order chi connectivity index (χ0) is 11.0. The van der Waals surface area contributed by atoms with Crippen molar-refractivity contribution in [1.29, 1.82) is 0 Å². The van der Waals surface area contributed by atoms with E-state index in [4.69, 9.17) is 0 Å². The fraction of sp³-hybridized carbons (Fsp3) is 0.333. The van der Waals surface area contributed by atoms with E-state index in [-0.39, 0.29) is 11.7 Å². The van der Waals surface area contributed by atoms with Crippen LogP contribution >= 0.6 is 0 Å². The Labute approximate surface area is 88.7 Å². The number of hydrogen-bond acceptors (Lipinski definition) is 2. The van der Waals surface area contributed by atoms with Gasteiger partial charge in [0.1, 0.15) is 0 Å².